The summed E-state index contributed by atoms with van der Waals surface area (Å²) in [6.07, 6.45) is 4.39. The van der Waals surface area contributed by atoms with Crippen LogP contribution in [0.2, 0.25) is 0 Å². The van der Waals surface area contributed by atoms with Gasteiger partial charge in [-0.3, -0.25) is 4.79 Å². The van der Waals surface area contributed by atoms with Gasteiger partial charge >= 0.3 is 5.97 Å². The van der Waals surface area contributed by atoms with Crippen LogP contribution in [-0.4, -0.2) is 28.5 Å². The molecule has 1 aromatic carbocycles. The number of hydrogen-bond donors (Lipinski definition) is 2. The molecule has 0 atom stereocenters. The monoisotopic (exact) mass is 366 g/mol. The van der Waals surface area contributed by atoms with Gasteiger partial charge in [-0.05, 0) is 31.2 Å². The summed E-state index contributed by atoms with van der Waals surface area (Å²) >= 11 is 0. The summed E-state index contributed by atoms with van der Waals surface area (Å²) in [7, 11) is 0. The van der Waals surface area contributed by atoms with Gasteiger partial charge in [0.2, 0.25) is 5.95 Å². The average Bonchev–Trinajstić information content (AvgIpc) is 3.21. The van der Waals surface area contributed by atoms with Crippen LogP contribution in [0, 0.1) is 0 Å². The minimum Gasteiger partial charge on any atom is -0.467 e. The maximum Gasteiger partial charge on any atom is 0.340 e. The standard InChI is InChI=1S/C19H18N4O4/c1-2-26-18(25)15-7-3-4-8-16(15)23-17(24)13-10-20-19(21-11-13)22-12-14-6-5-9-27-14/h3-11H,2,12H2,1H3,(H,23,24)(H,20,21,22). The van der Waals surface area contributed by atoms with E-state index in [0.29, 0.717) is 18.2 Å². The smallest absolute Gasteiger partial charge is 0.340 e. The lowest BCUT2D eigenvalue weighted by Gasteiger charge is -2.10. The van der Waals surface area contributed by atoms with Crippen LogP contribution in [-0.2, 0) is 11.3 Å². The van der Waals surface area contributed by atoms with Crippen LogP contribution in [0.1, 0.15) is 33.4 Å². The molecule has 2 aromatic heterocycles. The molecule has 0 radical (unpaired) electrons. The van der Waals surface area contributed by atoms with Gasteiger partial charge in [0.25, 0.3) is 5.91 Å². The van der Waals surface area contributed by atoms with Crippen molar-refractivity contribution < 1.29 is 18.7 Å². The summed E-state index contributed by atoms with van der Waals surface area (Å²) in [6.45, 7) is 2.41. The topological polar surface area (TPSA) is 106 Å². The van der Waals surface area contributed by atoms with Gasteiger partial charge < -0.3 is 19.8 Å². The molecule has 0 spiro atoms. The summed E-state index contributed by atoms with van der Waals surface area (Å²) in [6, 6.07) is 10.3. The van der Waals surface area contributed by atoms with Crippen molar-refractivity contribution >= 4 is 23.5 Å². The maximum absolute atomic E-state index is 12.4. The summed E-state index contributed by atoms with van der Waals surface area (Å²) in [5.41, 5.74) is 0.906. The first-order chi connectivity index (χ1) is 13.2. The van der Waals surface area contributed by atoms with Gasteiger partial charge in [0, 0.05) is 12.4 Å². The Morgan fingerprint density at radius 3 is 2.59 bits per heavy atom. The number of rotatable bonds is 7. The van der Waals surface area contributed by atoms with Crippen molar-refractivity contribution in [3.8, 4) is 0 Å². The summed E-state index contributed by atoms with van der Waals surface area (Å²) in [5, 5.41) is 5.68. The van der Waals surface area contributed by atoms with Crippen LogP contribution >= 0.6 is 0 Å². The third-order valence-electron chi connectivity index (χ3n) is 3.59. The van der Waals surface area contributed by atoms with Crippen molar-refractivity contribution in [3.63, 3.8) is 0 Å². The average molecular weight is 366 g/mol. The molecule has 8 nitrogen and oxygen atoms in total. The quantitative estimate of drug-likeness (QED) is 0.619. The van der Waals surface area contributed by atoms with E-state index in [-0.39, 0.29) is 17.7 Å². The third kappa shape index (κ3) is 4.69. The Hall–Kier alpha value is -3.68. The lowest BCUT2D eigenvalue weighted by atomic mass is 10.1. The zero-order valence-electron chi connectivity index (χ0n) is 14.6. The molecule has 0 aliphatic heterocycles. The van der Waals surface area contributed by atoms with E-state index >= 15 is 0 Å². The van der Waals surface area contributed by atoms with Crippen LogP contribution in [0.4, 0.5) is 11.6 Å². The number of nitrogens with zero attached hydrogens (tertiary/aromatic N) is 2. The highest BCUT2D eigenvalue weighted by atomic mass is 16.5. The fraction of sp³-hybridized carbons (Fsp3) is 0.158. The van der Waals surface area contributed by atoms with Crippen LogP contribution in [0.25, 0.3) is 0 Å². The number of furan rings is 1. The number of amides is 1. The van der Waals surface area contributed by atoms with E-state index in [9.17, 15) is 9.59 Å². The van der Waals surface area contributed by atoms with E-state index in [1.54, 1.807) is 43.5 Å². The van der Waals surface area contributed by atoms with Crippen LogP contribution in [0.15, 0.2) is 59.5 Å². The molecule has 0 aliphatic rings. The van der Waals surface area contributed by atoms with E-state index in [1.165, 1.54) is 12.4 Å². The first-order valence-electron chi connectivity index (χ1n) is 8.33. The number of hydrogen-bond acceptors (Lipinski definition) is 7. The molecule has 8 heteroatoms. The number of benzene rings is 1. The molecule has 2 N–H and O–H groups in total. The fourth-order valence-corrected chi connectivity index (χ4v) is 2.29. The Balaban J connectivity index is 1.65. The zero-order valence-corrected chi connectivity index (χ0v) is 14.6. The molecule has 0 saturated carbocycles. The van der Waals surface area contributed by atoms with Gasteiger partial charge in [-0.1, -0.05) is 12.1 Å². The highest BCUT2D eigenvalue weighted by Gasteiger charge is 2.15. The van der Waals surface area contributed by atoms with Crippen molar-refractivity contribution in [2.45, 2.75) is 13.5 Å². The van der Waals surface area contributed by atoms with Crippen molar-refractivity contribution in [1.29, 1.82) is 0 Å². The Labute approximate surface area is 155 Å². The van der Waals surface area contributed by atoms with Crippen molar-refractivity contribution in [1.82, 2.24) is 9.97 Å². The zero-order chi connectivity index (χ0) is 19.1. The molecule has 0 aliphatic carbocycles. The van der Waals surface area contributed by atoms with E-state index in [4.69, 9.17) is 9.15 Å². The van der Waals surface area contributed by atoms with Crippen LogP contribution in [0.5, 0.6) is 0 Å². The number of esters is 1. The van der Waals surface area contributed by atoms with E-state index in [2.05, 4.69) is 20.6 Å². The normalized spacial score (nSPS) is 10.3. The molecule has 0 bridgehead atoms. The van der Waals surface area contributed by atoms with Gasteiger partial charge in [0.05, 0.1) is 36.2 Å². The summed E-state index contributed by atoms with van der Waals surface area (Å²) in [4.78, 5) is 32.6. The lowest BCUT2D eigenvalue weighted by Crippen LogP contribution is -2.16. The van der Waals surface area contributed by atoms with E-state index in [1.807, 2.05) is 6.07 Å². The Bertz CT molecular complexity index is 908. The molecule has 1 amide bonds. The predicted octanol–water partition coefficient (Wildman–Crippen LogP) is 3.11. The highest BCUT2D eigenvalue weighted by molar-refractivity contribution is 6.07. The van der Waals surface area contributed by atoms with Gasteiger partial charge in [0.1, 0.15) is 5.76 Å². The minimum atomic E-state index is -0.498. The molecule has 2 heterocycles. The summed E-state index contributed by atoms with van der Waals surface area (Å²) < 4.78 is 10.2. The molecular formula is C19H18N4O4. The number of nitrogens with one attached hydrogen (secondary N) is 2. The highest BCUT2D eigenvalue weighted by Crippen LogP contribution is 2.17. The molecule has 27 heavy (non-hydrogen) atoms. The number of anilines is 2. The molecule has 0 saturated heterocycles. The minimum absolute atomic E-state index is 0.251. The van der Waals surface area contributed by atoms with Gasteiger partial charge in [-0.2, -0.15) is 0 Å². The molecule has 0 unspecified atom stereocenters. The Morgan fingerprint density at radius 1 is 1.11 bits per heavy atom. The fourth-order valence-electron chi connectivity index (χ4n) is 2.29. The van der Waals surface area contributed by atoms with E-state index in [0.717, 1.165) is 5.76 Å². The second kappa shape index (κ2) is 8.61. The van der Waals surface area contributed by atoms with E-state index < -0.39 is 11.9 Å². The SMILES string of the molecule is CCOC(=O)c1ccccc1NC(=O)c1cnc(NCc2ccco2)nc1. The van der Waals surface area contributed by atoms with Crippen molar-refractivity contribution in [2.75, 3.05) is 17.2 Å². The molecule has 0 fully saturated rings. The van der Waals surface area contributed by atoms with Crippen molar-refractivity contribution in [2.24, 2.45) is 0 Å². The predicted molar refractivity (Wildman–Crippen MR) is 98.4 cm³/mol. The maximum atomic E-state index is 12.4. The molecule has 3 rings (SSSR count). The number of aromatic nitrogens is 2. The first kappa shape index (κ1) is 18.1. The molecule has 3 aromatic rings. The lowest BCUT2D eigenvalue weighted by molar-refractivity contribution is 0.0527. The Morgan fingerprint density at radius 2 is 1.89 bits per heavy atom. The second-order valence-corrected chi connectivity index (χ2v) is 5.45. The first-order valence-corrected chi connectivity index (χ1v) is 8.33. The number of carbonyl (C=O) groups is 2. The van der Waals surface area contributed by atoms with Crippen molar-refractivity contribution in [3.05, 3.63) is 71.9 Å². The number of para-hydroxylation sites is 1. The molecular weight excluding hydrogens is 348 g/mol. The second-order valence-electron chi connectivity index (χ2n) is 5.45. The largest absolute Gasteiger partial charge is 0.467 e. The third-order valence-corrected chi connectivity index (χ3v) is 3.59. The van der Waals surface area contributed by atoms with Gasteiger partial charge in [-0.15, -0.1) is 0 Å². The van der Waals surface area contributed by atoms with Crippen LogP contribution < -0.4 is 10.6 Å². The molecule has 138 valence electrons. The Kier molecular flexibility index (Phi) is 5.78. The van der Waals surface area contributed by atoms with Crippen LogP contribution in [0.3, 0.4) is 0 Å². The van der Waals surface area contributed by atoms with Gasteiger partial charge in [-0.25, -0.2) is 14.8 Å². The number of ether oxygens (including phenoxy) is 1. The summed E-state index contributed by atoms with van der Waals surface area (Å²) in [5.74, 6) is 0.192. The van der Waals surface area contributed by atoms with Gasteiger partial charge in [0.15, 0.2) is 0 Å². The number of carbonyl (C=O) groups excluding carboxylic acids is 2.